The summed E-state index contributed by atoms with van der Waals surface area (Å²) in [4.78, 5) is 4.66. The normalized spacial score (nSPS) is 13.1. The van der Waals surface area contributed by atoms with Crippen molar-refractivity contribution in [1.29, 1.82) is 0 Å². The van der Waals surface area contributed by atoms with Crippen LogP contribution >= 0.6 is 0 Å². The average molecular weight is 480 g/mol. The second-order valence-electron chi connectivity index (χ2n) is 10.6. The molecule has 3 rings (SSSR count). The van der Waals surface area contributed by atoms with E-state index in [0.717, 1.165) is 36.3 Å². The Labute approximate surface area is 206 Å². The van der Waals surface area contributed by atoms with Crippen molar-refractivity contribution in [3.63, 3.8) is 0 Å². The van der Waals surface area contributed by atoms with E-state index in [0.29, 0.717) is 5.89 Å². The molecule has 34 heavy (non-hydrogen) atoms. The Morgan fingerprint density at radius 2 is 1.59 bits per heavy atom. The van der Waals surface area contributed by atoms with Crippen molar-refractivity contribution in [3.05, 3.63) is 72.2 Å². The monoisotopic (exact) mass is 479 g/mol. The zero-order valence-electron chi connectivity index (χ0n) is 21.8. The van der Waals surface area contributed by atoms with E-state index in [9.17, 15) is 0 Å². The average Bonchev–Trinajstić information content (AvgIpc) is 3.30. The Bertz CT molecular complexity index is 1010. The highest BCUT2D eigenvalue weighted by atomic mass is 28.4. The van der Waals surface area contributed by atoms with Crippen LogP contribution in [0.5, 0.6) is 5.75 Å². The lowest BCUT2D eigenvalue weighted by Gasteiger charge is -2.38. The largest absolute Gasteiger partial charge is 0.496 e. The number of ether oxygens (including phenoxy) is 1. The second-order valence-corrected chi connectivity index (χ2v) is 15.3. The van der Waals surface area contributed by atoms with Gasteiger partial charge in [0.05, 0.1) is 18.9 Å². The summed E-state index contributed by atoms with van der Waals surface area (Å²) in [5.74, 6) is 2.18. The molecule has 3 aromatic rings. The first-order valence-corrected chi connectivity index (χ1v) is 15.4. The number of benzene rings is 2. The maximum Gasteiger partial charge on any atom is 0.222 e. The van der Waals surface area contributed by atoms with Crippen LogP contribution in [0.15, 0.2) is 65.2 Å². The first-order chi connectivity index (χ1) is 16.2. The Kier molecular flexibility index (Phi) is 9.14. The molecule has 0 aliphatic carbocycles. The van der Waals surface area contributed by atoms with Gasteiger partial charge in [0.2, 0.25) is 5.89 Å². The summed E-state index contributed by atoms with van der Waals surface area (Å²) >= 11 is 0. The fraction of sp³-hybridized carbons (Fsp3) is 0.483. The summed E-state index contributed by atoms with van der Waals surface area (Å²) in [5, 5.41) is 0.124. The van der Waals surface area contributed by atoms with E-state index >= 15 is 0 Å². The summed E-state index contributed by atoms with van der Waals surface area (Å²) in [6.07, 6.45) is 8.46. The van der Waals surface area contributed by atoms with Crippen LogP contribution in [-0.2, 0) is 10.8 Å². The predicted octanol–water partition coefficient (Wildman–Crippen LogP) is 8.61. The highest BCUT2D eigenvalue weighted by molar-refractivity contribution is 6.74. The minimum absolute atomic E-state index is 0.124. The van der Waals surface area contributed by atoms with Gasteiger partial charge in [-0.05, 0) is 55.1 Å². The number of hydrogen-bond donors (Lipinski definition) is 0. The molecule has 0 amide bonds. The van der Waals surface area contributed by atoms with Gasteiger partial charge in [-0.3, -0.25) is 0 Å². The molecule has 1 heterocycles. The molecule has 2 aromatic carbocycles. The molecule has 5 heteroatoms. The lowest BCUT2D eigenvalue weighted by molar-refractivity contribution is 0.139. The van der Waals surface area contributed by atoms with Crippen molar-refractivity contribution in [3.8, 4) is 17.1 Å². The van der Waals surface area contributed by atoms with Gasteiger partial charge in [0, 0.05) is 0 Å². The van der Waals surface area contributed by atoms with E-state index in [2.05, 4.69) is 69.2 Å². The standard InChI is InChI=1S/C29H41NO3Si/c1-29(2,3)34(5,6)33-26(21-13-8-7-10-16-23-17-11-9-12-18-23)28-30-22-27(32-28)24-19-14-15-20-25(24)31-4/h9,11-12,14-15,17-20,22,26H,7-8,10,13,16,21H2,1-6H3. The minimum Gasteiger partial charge on any atom is -0.496 e. The molecule has 0 saturated heterocycles. The van der Waals surface area contributed by atoms with Gasteiger partial charge in [0.15, 0.2) is 14.1 Å². The number of aryl methyl sites for hydroxylation is 1. The molecule has 184 valence electrons. The molecule has 0 aliphatic rings. The third kappa shape index (κ3) is 7.06. The summed E-state index contributed by atoms with van der Waals surface area (Å²) in [6.45, 7) is 11.4. The van der Waals surface area contributed by atoms with Crippen LogP contribution in [0.4, 0.5) is 0 Å². The second kappa shape index (κ2) is 11.9. The minimum atomic E-state index is -1.98. The molecule has 0 N–H and O–H groups in total. The molecule has 0 aliphatic heterocycles. The van der Waals surface area contributed by atoms with E-state index < -0.39 is 8.32 Å². The predicted molar refractivity (Wildman–Crippen MR) is 143 cm³/mol. The van der Waals surface area contributed by atoms with Crippen LogP contribution in [0.2, 0.25) is 18.1 Å². The highest BCUT2D eigenvalue weighted by Crippen LogP contribution is 2.41. The van der Waals surface area contributed by atoms with Crippen molar-refractivity contribution >= 4 is 8.32 Å². The van der Waals surface area contributed by atoms with E-state index in [1.165, 1.54) is 24.8 Å². The molecule has 0 fully saturated rings. The van der Waals surface area contributed by atoms with E-state index in [4.69, 9.17) is 13.6 Å². The molecular weight excluding hydrogens is 438 g/mol. The van der Waals surface area contributed by atoms with Crippen molar-refractivity contribution < 1.29 is 13.6 Å². The van der Waals surface area contributed by atoms with Gasteiger partial charge in [-0.15, -0.1) is 0 Å². The summed E-state index contributed by atoms with van der Waals surface area (Å²) in [6, 6.07) is 18.6. The fourth-order valence-electron chi connectivity index (χ4n) is 3.83. The number of hydrogen-bond acceptors (Lipinski definition) is 4. The van der Waals surface area contributed by atoms with Crippen LogP contribution in [0.25, 0.3) is 11.3 Å². The lowest BCUT2D eigenvalue weighted by atomic mass is 10.0. The van der Waals surface area contributed by atoms with Crippen LogP contribution in [0, 0.1) is 0 Å². The molecule has 0 saturated carbocycles. The van der Waals surface area contributed by atoms with E-state index in [1.54, 1.807) is 13.3 Å². The van der Waals surface area contributed by atoms with E-state index in [1.807, 2.05) is 24.3 Å². The SMILES string of the molecule is COc1ccccc1-c1cnc(C(CCCCCCc2ccccc2)O[Si](C)(C)C(C)(C)C)o1. The van der Waals surface area contributed by atoms with Gasteiger partial charge < -0.3 is 13.6 Å². The quantitative estimate of drug-likeness (QED) is 0.193. The maximum absolute atomic E-state index is 6.82. The number of rotatable bonds is 12. The molecule has 1 atom stereocenters. The summed E-state index contributed by atoms with van der Waals surface area (Å²) < 4.78 is 18.6. The Morgan fingerprint density at radius 3 is 2.29 bits per heavy atom. The third-order valence-electron chi connectivity index (χ3n) is 6.94. The van der Waals surface area contributed by atoms with E-state index in [-0.39, 0.29) is 11.1 Å². The van der Waals surface area contributed by atoms with Gasteiger partial charge in [-0.25, -0.2) is 4.98 Å². The maximum atomic E-state index is 6.82. The summed E-state index contributed by atoms with van der Waals surface area (Å²) in [5.41, 5.74) is 2.33. The fourth-order valence-corrected chi connectivity index (χ4v) is 5.12. The molecule has 0 radical (unpaired) electrons. The van der Waals surface area contributed by atoms with Gasteiger partial charge in [0.1, 0.15) is 11.9 Å². The lowest BCUT2D eigenvalue weighted by Crippen LogP contribution is -2.41. The number of aromatic nitrogens is 1. The molecule has 0 bridgehead atoms. The first-order valence-electron chi connectivity index (χ1n) is 12.5. The number of oxazole rings is 1. The van der Waals surface area contributed by atoms with Gasteiger partial charge in [-0.2, -0.15) is 0 Å². The number of unbranched alkanes of at least 4 members (excludes halogenated alkanes) is 3. The number of methoxy groups -OCH3 is 1. The number of nitrogens with zero attached hydrogens (tertiary/aromatic N) is 1. The van der Waals surface area contributed by atoms with Crippen LogP contribution in [0.1, 0.15) is 70.4 Å². The smallest absolute Gasteiger partial charge is 0.222 e. The third-order valence-corrected chi connectivity index (χ3v) is 11.4. The van der Waals surface area contributed by atoms with Gasteiger partial charge in [0.25, 0.3) is 0 Å². The molecule has 0 spiro atoms. The van der Waals surface area contributed by atoms with Gasteiger partial charge >= 0.3 is 0 Å². The van der Waals surface area contributed by atoms with Crippen molar-refractivity contribution in [2.75, 3.05) is 7.11 Å². The van der Waals surface area contributed by atoms with Crippen molar-refractivity contribution in [2.24, 2.45) is 0 Å². The van der Waals surface area contributed by atoms with Crippen LogP contribution in [0.3, 0.4) is 0 Å². The molecular formula is C29H41NO3Si. The molecule has 1 unspecified atom stereocenters. The zero-order chi connectivity index (χ0) is 24.6. The Hall–Kier alpha value is -2.37. The van der Waals surface area contributed by atoms with Crippen molar-refractivity contribution in [1.82, 2.24) is 4.98 Å². The summed E-state index contributed by atoms with van der Waals surface area (Å²) in [7, 11) is -0.305. The Morgan fingerprint density at radius 1 is 0.912 bits per heavy atom. The Balaban J connectivity index is 1.66. The molecule has 1 aromatic heterocycles. The van der Waals surface area contributed by atoms with Crippen LogP contribution in [-0.4, -0.2) is 20.4 Å². The number of para-hydroxylation sites is 1. The zero-order valence-corrected chi connectivity index (χ0v) is 22.8. The topological polar surface area (TPSA) is 44.5 Å². The van der Waals surface area contributed by atoms with Gasteiger partial charge in [-0.1, -0.05) is 82.5 Å². The van der Waals surface area contributed by atoms with Crippen LogP contribution < -0.4 is 4.74 Å². The first kappa shape index (κ1) is 26.2. The van der Waals surface area contributed by atoms with Crippen molar-refractivity contribution in [2.45, 2.75) is 83.5 Å². The molecule has 4 nitrogen and oxygen atoms in total. The highest BCUT2D eigenvalue weighted by Gasteiger charge is 2.40.